The molecule has 5 nitrogen and oxygen atoms in total. The molecule has 0 spiro atoms. The summed E-state index contributed by atoms with van der Waals surface area (Å²) in [5, 5.41) is 3.24. The summed E-state index contributed by atoms with van der Waals surface area (Å²) < 4.78 is 1.72. The number of carbonyl (C=O) groups is 1. The molecule has 0 unspecified atom stereocenters. The van der Waals surface area contributed by atoms with Crippen LogP contribution < -0.4 is 10.9 Å². The third kappa shape index (κ3) is 1.68. The lowest BCUT2D eigenvalue weighted by molar-refractivity contribution is -0.114. The number of aromatic nitrogens is 2. The predicted octanol–water partition coefficient (Wildman–Crippen LogP) is 1.30. The van der Waals surface area contributed by atoms with Gasteiger partial charge < -0.3 is 5.32 Å². The third-order valence-electron chi connectivity index (χ3n) is 3.14. The van der Waals surface area contributed by atoms with Gasteiger partial charge in [0.2, 0.25) is 5.91 Å². The number of nitrogens with one attached hydrogen (secondary N) is 1. The summed E-state index contributed by atoms with van der Waals surface area (Å²) in [6.45, 7) is 2.18. The highest BCUT2D eigenvalue weighted by atomic mass is 16.1. The van der Waals surface area contributed by atoms with Gasteiger partial charge in [-0.2, -0.15) is 0 Å². The Balaban J connectivity index is 2.22. The Morgan fingerprint density at radius 2 is 2.28 bits per heavy atom. The average molecular weight is 243 g/mol. The van der Waals surface area contributed by atoms with Crippen molar-refractivity contribution in [3.8, 4) is 0 Å². The Labute approximate surface area is 103 Å². The van der Waals surface area contributed by atoms with Crippen molar-refractivity contribution in [2.75, 3.05) is 5.32 Å². The SMILES string of the molecule is CC(=O)Nc1ccc2nc3n(c(=O)c2c1)CCC3. The minimum atomic E-state index is -0.149. The second-order valence-corrected chi connectivity index (χ2v) is 4.50. The van der Waals surface area contributed by atoms with Crippen molar-refractivity contribution in [2.24, 2.45) is 0 Å². The molecule has 5 heteroatoms. The second-order valence-electron chi connectivity index (χ2n) is 4.50. The molecular weight excluding hydrogens is 230 g/mol. The number of rotatable bonds is 1. The molecule has 1 N–H and O–H groups in total. The highest BCUT2D eigenvalue weighted by Gasteiger charge is 2.16. The quantitative estimate of drug-likeness (QED) is 0.821. The van der Waals surface area contributed by atoms with Gasteiger partial charge in [0.15, 0.2) is 0 Å². The molecule has 18 heavy (non-hydrogen) atoms. The number of nitrogens with zero attached hydrogens (tertiary/aromatic N) is 2. The van der Waals surface area contributed by atoms with E-state index in [1.807, 2.05) is 0 Å². The fourth-order valence-electron chi connectivity index (χ4n) is 2.36. The average Bonchev–Trinajstić information content (AvgIpc) is 2.78. The molecule has 1 aliphatic heterocycles. The lowest BCUT2D eigenvalue weighted by Gasteiger charge is -2.07. The normalized spacial score (nSPS) is 13.6. The van der Waals surface area contributed by atoms with E-state index in [2.05, 4.69) is 10.3 Å². The molecular formula is C13H13N3O2. The van der Waals surface area contributed by atoms with Crippen molar-refractivity contribution < 1.29 is 4.79 Å². The third-order valence-corrected chi connectivity index (χ3v) is 3.14. The lowest BCUT2D eigenvalue weighted by atomic mass is 10.2. The van der Waals surface area contributed by atoms with Crippen LogP contribution in [0.5, 0.6) is 0 Å². The number of carbonyl (C=O) groups excluding carboxylic acids is 1. The van der Waals surface area contributed by atoms with Crippen molar-refractivity contribution in [1.29, 1.82) is 0 Å². The minimum absolute atomic E-state index is 0.0142. The maximum atomic E-state index is 12.3. The number of hydrogen-bond donors (Lipinski definition) is 1. The first-order valence-corrected chi connectivity index (χ1v) is 5.96. The second kappa shape index (κ2) is 3.94. The van der Waals surface area contributed by atoms with E-state index in [1.165, 1.54) is 6.92 Å². The molecule has 0 aliphatic carbocycles. The van der Waals surface area contributed by atoms with Crippen LogP contribution in [0.3, 0.4) is 0 Å². The van der Waals surface area contributed by atoms with E-state index >= 15 is 0 Å². The molecule has 0 saturated heterocycles. The lowest BCUT2D eigenvalue weighted by Crippen LogP contribution is -2.21. The topological polar surface area (TPSA) is 64.0 Å². The molecule has 0 bridgehead atoms. The van der Waals surface area contributed by atoms with Crippen LogP contribution in [0.4, 0.5) is 5.69 Å². The predicted molar refractivity (Wildman–Crippen MR) is 68.6 cm³/mol. The van der Waals surface area contributed by atoms with Gasteiger partial charge >= 0.3 is 0 Å². The van der Waals surface area contributed by atoms with Crippen LogP contribution in [0.25, 0.3) is 10.9 Å². The number of amides is 1. The summed E-state index contributed by atoms with van der Waals surface area (Å²) in [6, 6.07) is 5.24. The smallest absolute Gasteiger partial charge is 0.261 e. The largest absolute Gasteiger partial charge is 0.326 e. The fraction of sp³-hybridized carbons (Fsp3) is 0.308. The van der Waals surface area contributed by atoms with E-state index in [1.54, 1.807) is 22.8 Å². The maximum absolute atomic E-state index is 12.3. The van der Waals surface area contributed by atoms with Gasteiger partial charge in [0, 0.05) is 25.6 Å². The first kappa shape index (κ1) is 11.0. The summed E-state index contributed by atoms with van der Waals surface area (Å²) in [5.41, 5.74) is 1.31. The highest BCUT2D eigenvalue weighted by Crippen LogP contribution is 2.18. The number of hydrogen-bond acceptors (Lipinski definition) is 3. The molecule has 1 aromatic carbocycles. The maximum Gasteiger partial charge on any atom is 0.261 e. The molecule has 92 valence electrons. The van der Waals surface area contributed by atoms with Crippen LogP contribution in [0.2, 0.25) is 0 Å². The molecule has 0 saturated carbocycles. The van der Waals surface area contributed by atoms with Crippen molar-refractivity contribution in [1.82, 2.24) is 9.55 Å². The monoisotopic (exact) mass is 243 g/mol. The number of aryl methyl sites for hydroxylation is 1. The van der Waals surface area contributed by atoms with Gasteiger partial charge in [0.25, 0.3) is 5.56 Å². The van der Waals surface area contributed by atoms with Crippen molar-refractivity contribution in [3.63, 3.8) is 0 Å². The van der Waals surface area contributed by atoms with E-state index in [0.29, 0.717) is 16.6 Å². The number of benzene rings is 1. The standard InChI is InChI=1S/C13H13N3O2/c1-8(17)14-9-4-5-11-10(7-9)13(18)16-6-2-3-12(16)15-11/h4-5,7H,2-3,6H2,1H3,(H,14,17). The van der Waals surface area contributed by atoms with Gasteiger partial charge in [0.1, 0.15) is 5.82 Å². The van der Waals surface area contributed by atoms with Crippen LogP contribution in [0.15, 0.2) is 23.0 Å². The zero-order valence-corrected chi connectivity index (χ0v) is 10.1. The van der Waals surface area contributed by atoms with Gasteiger partial charge in [-0.1, -0.05) is 0 Å². The molecule has 0 atom stereocenters. The molecule has 0 radical (unpaired) electrons. The van der Waals surface area contributed by atoms with E-state index in [-0.39, 0.29) is 11.5 Å². The fourth-order valence-corrected chi connectivity index (χ4v) is 2.36. The van der Waals surface area contributed by atoms with Gasteiger partial charge in [-0.3, -0.25) is 14.2 Å². The van der Waals surface area contributed by atoms with Crippen molar-refractivity contribution >= 4 is 22.5 Å². The minimum Gasteiger partial charge on any atom is -0.326 e. The first-order chi connectivity index (χ1) is 8.65. The van der Waals surface area contributed by atoms with E-state index in [9.17, 15) is 9.59 Å². The summed E-state index contributed by atoms with van der Waals surface area (Å²) in [4.78, 5) is 27.8. The molecule has 1 aromatic heterocycles. The van der Waals surface area contributed by atoms with Gasteiger partial charge in [-0.15, -0.1) is 0 Å². The molecule has 2 aromatic rings. The Morgan fingerprint density at radius 3 is 3.06 bits per heavy atom. The molecule has 1 amide bonds. The number of anilines is 1. The van der Waals surface area contributed by atoms with E-state index in [4.69, 9.17) is 0 Å². The molecule has 0 fully saturated rings. The van der Waals surface area contributed by atoms with Crippen molar-refractivity contribution in [2.45, 2.75) is 26.3 Å². The Kier molecular flexibility index (Phi) is 2.40. The Hall–Kier alpha value is -2.17. The van der Waals surface area contributed by atoms with Gasteiger partial charge in [-0.25, -0.2) is 4.98 Å². The van der Waals surface area contributed by atoms with E-state index < -0.39 is 0 Å². The van der Waals surface area contributed by atoms with Crippen LogP contribution in [0, 0.1) is 0 Å². The molecule has 3 rings (SSSR count). The first-order valence-electron chi connectivity index (χ1n) is 5.96. The summed E-state index contributed by atoms with van der Waals surface area (Å²) >= 11 is 0. The summed E-state index contributed by atoms with van der Waals surface area (Å²) in [7, 11) is 0. The van der Waals surface area contributed by atoms with Crippen LogP contribution in [-0.4, -0.2) is 15.5 Å². The Morgan fingerprint density at radius 1 is 1.44 bits per heavy atom. The van der Waals surface area contributed by atoms with Gasteiger partial charge in [-0.05, 0) is 24.6 Å². The zero-order valence-electron chi connectivity index (χ0n) is 10.1. The zero-order chi connectivity index (χ0) is 12.7. The highest BCUT2D eigenvalue weighted by molar-refractivity contribution is 5.92. The molecule has 2 heterocycles. The van der Waals surface area contributed by atoms with Crippen LogP contribution in [-0.2, 0) is 17.8 Å². The summed E-state index contributed by atoms with van der Waals surface area (Å²) in [5.74, 6) is 0.711. The summed E-state index contributed by atoms with van der Waals surface area (Å²) in [6.07, 6.45) is 1.83. The Bertz CT molecular complexity index is 703. The van der Waals surface area contributed by atoms with Crippen LogP contribution >= 0.6 is 0 Å². The molecule has 1 aliphatic rings. The van der Waals surface area contributed by atoms with Gasteiger partial charge in [0.05, 0.1) is 10.9 Å². The van der Waals surface area contributed by atoms with Crippen LogP contribution in [0.1, 0.15) is 19.2 Å². The number of fused-ring (bicyclic) bond motifs is 2. The van der Waals surface area contributed by atoms with Crippen molar-refractivity contribution in [3.05, 3.63) is 34.4 Å². The van der Waals surface area contributed by atoms with E-state index in [0.717, 1.165) is 25.2 Å².